The highest BCUT2D eigenvalue weighted by molar-refractivity contribution is 6.01. The van der Waals surface area contributed by atoms with Crippen LogP contribution in [0.1, 0.15) is 0 Å². The highest BCUT2D eigenvalue weighted by Gasteiger charge is 2.18. The van der Waals surface area contributed by atoms with E-state index in [2.05, 4.69) is 44.2 Å². The van der Waals surface area contributed by atoms with Crippen molar-refractivity contribution >= 4 is 11.0 Å². The third-order valence-electron chi connectivity index (χ3n) is 8.64. The van der Waals surface area contributed by atoms with E-state index in [0.29, 0.717) is 0 Å². The lowest BCUT2D eigenvalue weighted by Gasteiger charge is -2.10. The molecule has 240 valence electrons. The molecule has 9 heteroatoms. The van der Waals surface area contributed by atoms with Gasteiger partial charge in [-0.15, -0.1) is 10.2 Å². The second kappa shape index (κ2) is 13.0. The first kappa shape index (κ1) is 29.8. The topological polar surface area (TPSA) is 108 Å². The summed E-state index contributed by atoms with van der Waals surface area (Å²) in [6.07, 6.45) is 10.8. The van der Waals surface area contributed by atoms with Gasteiger partial charge in [0.15, 0.2) is 0 Å². The molecule has 0 aliphatic heterocycles. The third kappa shape index (κ3) is 5.89. The zero-order valence-corrected chi connectivity index (χ0v) is 27.1. The predicted molar refractivity (Wildman–Crippen MR) is 198 cm³/mol. The zero-order valence-electron chi connectivity index (χ0n) is 27.1. The first-order chi connectivity index (χ1) is 25.3. The number of pyridine rings is 6. The lowest BCUT2D eigenvalue weighted by atomic mass is 9.97. The number of hydrogen-bond donors (Lipinski definition) is 0. The molecule has 0 atom stereocenters. The maximum absolute atomic E-state index is 5.06. The van der Waals surface area contributed by atoms with Gasteiger partial charge >= 0.3 is 0 Å². The van der Waals surface area contributed by atoms with Crippen LogP contribution in [0.2, 0.25) is 0 Å². The van der Waals surface area contributed by atoms with Crippen LogP contribution in [-0.4, -0.2) is 44.9 Å². The third-order valence-corrected chi connectivity index (χ3v) is 8.64. The van der Waals surface area contributed by atoms with E-state index in [-0.39, 0.29) is 0 Å². The Bertz CT molecular complexity index is 2480. The number of nitrogens with zero attached hydrogens (tertiary/aromatic N) is 9. The van der Waals surface area contributed by atoms with Crippen molar-refractivity contribution in [3.8, 4) is 73.2 Å². The summed E-state index contributed by atoms with van der Waals surface area (Å²) in [5.41, 5.74) is 13.0. The average molecular weight is 658 g/mol. The Hall–Kier alpha value is -7.26. The van der Waals surface area contributed by atoms with Gasteiger partial charge in [0.05, 0.1) is 39.9 Å². The van der Waals surface area contributed by atoms with Crippen LogP contribution in [0.15, 0.2) is 165 Å². The minimum atomic E-state index is 0.775. The SMILES string of the molecule is c1ccc(-n2nc3c(-c4ccnc(-c5ccnc(-c6ccccn6)c5)c4)ccc(-c4ccnc(-c5ccnc(-c6ccccn6)c5)c4)c3n2)cc1. The first-order valence-corrected chi connectivity index (χ1v) is 16.4. The molecule has 0 saturated carbocycles. The van der Waals surface area contributed by atoms with Crippen LogP contribution in [0.5, 0.6) is 0 Å². The summed E-state index contributed by atoms with van der Waals surface area (Å²) in [7, 11) is 0. The first-order valence-electron chi connectivity index (χ1n) is 16.4. The molecule has 9 aromatic rings. The maximum atomic E-state index is 5.06. The maximum Gasteiger partial charge on any atom is 0.122 e. The van der Waals surface area contributed by atoms with Crippen LogP contribution < -0.4 is 0 Å². The number of hydrogen-bond acceptors (Lipinski definition) is 8. The van der Waals surface area contributed by atoms with Crippen LogP contribution in [0.3, 0.4) is 0 Å². The van der Waals surface area contributed by atoms with Crippen molar-refractivity contribution in [2.75, 3.05) is 0 Å². The average Bonchev–Trinajstić information content (AvgIpc) is 3.68. The van der Waals surface area contributed by atoms with Gasteiger partial charge in [-0.25, -0.2) is 0 Å². The number of aromatic nitrogens is 9. The predicted octanol–water partition coefficient (Wildman–Crippen LogP) is 8.79. The van der Waals surface area contributed by atoms with Gasteiger partial charge in [0.1, 0.15) is 11.0 Å². The summed E-state index contributed by atoms with van der Waals surface area (Å²) in [4.78, 5) is 29.2. The summed E-state index contributed by atoms with van der Waals surface area (Å²) in [6, 6.07) is 41.9. The van der Waals surface area contributed by atoms with Crippen LogP contribution in [0, 0.1) is 0 Å². The minimum Gasteiger partial charge on any atom is -0.256 e. The van der Waals surface area contributed by atoms with Gasteiger partial charge in [0, 0.05) is 59.4 Å². The molecule has 7 aromatic heterocycles. The quantitative estimate of drug-likeness (QED) is 0.167. The highest BCUT2D eigenvalue weighted by Crippen LogP contribution is 2.36. The minimum absolute atomic E-state index is 0.775. The lowest BCUT2D eigenvalue weighted by molar-refractivity contribution is 0.766. The molecule has 0 aliphatic carbocycles. The Balaban J connectivity index is 1.15. The van der Waals surface area contributed by atoms with E-state index >= 15 is 0 Å². The van der Waals surface area contributed by atoms with E-state index in [4.69, 9.17) is 20.2 Å². The molecule has 0 amide bonds. The summed E-state index contributed by atoms with van der Waals surface area (Å²) in [6.45, 7) is 0. The molecule has 0 unspecified atom stereocenters. The van der Waals surface area contributed by atoms with Crippen molar-refractivity contribution in [3.63, 3.8) is 0 Å². The Labute approximate surface area is 293 Å². The normalized spacial score (nSPS) is 11.1. The summed E-state index contributed by atoms with van der Waals surface area (Å²) in [5, 5.41) is 10.1. The Kier molecular flexibility index (Phi) is 7.60. The van der Waals surface area contributed by atoms with Crippen LogP contribution in [0.4, 0.5) is 0 Å². The lowest BCUT2D eigenvalue weighted by Crippen LogP contribution is -1.97. The molecule has 0 saturated heterocycles. The van der Waals surface area contributed by atoms with Crippen molar-refractivity contribution in [1.82, 2.24) is 44.9 Å². The molecule has 0 radical (unpaired) electrons. The molecule has 7 heterocycles. The molecule has 51 heavy (non-hydrogen) atoms. The molecular weight excluding hydrogens is 631 g/mol. The number of benzene rings is 2. The highest BCUT2D eigenvalue weighted by atomic mass is 15.5. The van der Waals surface area contributed by atoms with Crippen molar-refractivity contribution in [3.05, 3.63) is 165 Å². The van der Waals surface area contributed by atoms with Crippen molar-refractivity contribution < 1.29 is 0 Å². The van der Waals surface area contributed by atoms with Crippen LogP contribution >= 0.6 is 0 Å². The monoisotopic (exact) mass is 657 g/mol. The van der Waals surface area contributed by atoms with Gasteiger partial charge in [0.25, 0.3) is 0 Å². The molecule has 0 fully saturated rings. The molecule has 9 rings (SSSR count). The summed E-state index contributed by atoms with van der Waals surface area (Å²) >= 11 is 0. The van der Waals surface area contributed by atoms with Crippen molar-refractivity contribution in [1.29, 1.82) is 0 Å². The van der Waals surface area contributed by atoms with Crippen molar-refractivity contribution in [2.24, 2.45) is 0 Å². The van der Waals surface area contributed by atoms with Crippen LogP contribution in [-0.2, 0) is 0 Å². The van der Waals surface area contributed by atoms with Gasteiger partial charge in [-0.3, -0.25) is 29.9 Å². The summed E-state index contributed by atoms with van der Waals surface area (Å²) < 4.78 is 0. The Morgan fingerprint density at radius 3 is 1.20 bits per heavy atom. The van der Waals surface area contributed by atoms with Gasteiger partial charge in [-0.1, -0.05) is 42.5 Å². The number of rotatable bonds is 7. The fourth-order valence-electron chi connectivity index (χ4n) is 6.14. The van der Waals surface area contributed by atoms with E-state index in [0.717, 1.165) is 84.3 Å². The van der Waals surface area contributed by atoms with E-state index in [1.54, 1.807) is 29.6 Å². The molecule has 2 aromatic carbocycles. The largest absolute Gasteiger partial charge is 0.256 e. The number of para-hydroxylation sites is 1. The fourth-order valence-corrected chi connectivity index (χ4v) is 6.14. The van der Waals surface area contributed by atoms with Crippen LogP contribution in [0.25, 0.3) is 84.3 Å². The Morgan fingerprint density at radius 2 is 0.725 bits per heavy atom. The molecule has 9 nitrogen and oxygen atoms in total. The van der Waals surface area contributed by atoms with E-state index in [1.807, 2.05) is 116 Å². The molecule has 0 aliphatic rings. The molecule has 0 N–H and O–H groups in total. The van der Waals surface area contributed by atoms with Gasteiger partial charge in [-0.2, -0.15) is 4.80 Å². The summed E-state index contributed by atoms with van der Waals surface area (Å²) in [5.74, 6) is 0. The standard InChI is InChI=1S/C42H27N9/c1-2-8-32(9-3-1)51-49-41-33(28-14-20-45-37(24-28)30-16-22-47-39(26-30)35-10-4-6-18-43-35)12-13-34(42(41)50-51)29-15-21-46-38(25-29)31-17-23-48-40(27-31)36-11-5-7-19-44-36/h1-27H. The van der Waals surface area contributed by atoms with E-state index in [1.165, 1.54) is 0 Å². The van der Waals surface area contributed by atoms with Gasteiger partial charge in [-0.05, 0) is 96.1 Å². The fraction of sp³-hybridized carbons (Fsp3) is 0. The molecular formula is C42H27N9. The van der Waals surface area contributed by atoms with E-state index in [9.17, 15) is 0 Å². The second-order valence-electron chi connectivity index (χ2n) is 11.8. The zero-order chi connectivity index (χ0) is 34.0. The number of fused-ring (bicyclic) bond motifs is 1. The molecule has 0 bridgehead atoms. The molecule has 0 spiro atoms. The van der Waals surface area contributed by atoms with Gasteiger partial charge in [0.2, 0.25) is 0 Å². The van der Waals surface area contributed by atoms with E-state index < -0.39 is 0 Å². The second-order valence-corrected chi connectivity index (χ2v) is 11.8. The van der Waals surface area contributed by atoms with Crippen molar-refractivity contribution in [2.45, 2.75) is 0 Å². The van der Waals surface area contributed by atoms with Gasteiger partial charge < -0.3 is 0 Å². The Morgan fingerprint density at radius 1 is 0.314 bits per heavy atom. The smallest absolute Gasteiger partial charge is 0.122 e.